The average Bonchev–Trinajstić information content (AvgIpc) is 3.16. The molecule has 4 amide bonds. The van der Waals surface area contributed by atoms with Crippen LogP contribution in [0.15, 0.2) is 0 Å². The molecule has 1 N–H and O–H groups in total. The standard InChI is InChI=1S/C13H18N2O4/c1-12(4-6-19-7-5-12)8-15-10(17)13(2-3-13)9(16)14-11(15)18/h2-8H2,1H3,(H,14,16,18). The normalized spacial score (nSPS) is 28.5. The van der Waals surface area contributed by atoms with E-state index in [1.807, 2.05) is 0 Å². The molecule has 0 atom stereocenters. The predicted molar refractivity (Wildman–Crippen MR) is 65.1 cm³/mol. The smallest absolute Gasteiger partial charge is 0.330 e. The number of barbiturate groups is 1. The van der Waals surface area contributed by atoms with E-state index >= 15 is 0 Å². The van der Waals surface area contributed by atoms with E-state index in [0.29, 0.717) is 32.6 Å². The minimum Gasteiger partial charge on any atom is -0.381 e. The summed E-state index contributed by atoms with van der Waals surface area (Å²) in [5.74, 6) is -0.732. The van der Waals surface area contributed by atoms with Crippen molar-refractivity contribution in [1.82, 2.24) is 10.2 Å². The van der Waals surface area contributed by atoms with Crippen LogP contribution in [0.2, 0.25) is 0 Å². The number of hydrogen-bond donors (Lipinski definition) is 1. The first-order valence-electron chi connectivity index (χ1n) is 6.72. The van der Waals surface area contributed by atoms with Crippen LogP contribution >= 0.6 is 0 Å². The lowest BCUT2D eigenvalue weighted by atomic mass is 9.81. The Labute approximate surface area is 111 Å². The number of ether oxygens (including phenoxy) is 1. The third-order valence-corrected chi connectivity index (χ3v) is 4.54. The number of carbonyl (C=O) groups excluding carboxylic acids is 3. The molecule has 0 unspecified atom stereocenters. The Hall–Kier alpha value is -1.43. The van der Waals surface area contributed by atoms with Crippen molar-refractivity contribution in [3.05, 3.63) is 0 Å². The van der Waals surface area contributed by atoms with Crippen molar-refractivity contribution in [1.29, 1.82) is 0 Å². The first kappa shape index (κ1) is 12.6. The summed E-state index contributed by atoms with van der Waals surface area (Å²) >= 11 is 0. The van der Waals surface area contributed by atoms with Gasteiger partial charge in [0.05, 0.1) is 0 Å². The maximum Gasteiger partial charge on any atom is 0.330 e. The number of rotatable bonds is 2. The van der Waals surface area contributed by atoms with Gasteiger partial charge in [0.25, 0.3) is 0 Å². The highest BCUT2D eigenvalue weighted by atomic mass is 16.5. The fourth-order valence-electron chi connectivity index (χ4n) is 2.85. The van der Waals surface area contributed by atoms with E-state index in [-0.39, 0.29) is 11.3 Å². The summed E-state index contributed by atoms with van der Waals surface area (Å²) in [5, 5.41) is 2.32. The molecule has 1 spiro atoms. The van der Waals surface area contributed by atoms with Crippen LogP contribution in [0.4, 0.5) is 4.79 Å². The summed E-state index contributed by atoms with van der Waals surface area (Å²) in [5.41, 5.74) is -1.04. The number of nitrogens with zero attached hydrogens (tertiary/aromatic N) is 1. The van der Waals surface area contributed by atoms with Crippen molar-refractivity contribution in [2.75, 3.05) is 19.8 Å². The Morgan fingerprint density at radius 2 is 1.79 bits per heavy atom. The quantitative estimate of drug-likeness (QED) is 0.745. The van der Waals surface area contributed by atoms with Gasteiger partial charge in [-0.1, -0.05) is 6.92 Å². The molecular formula is C13H18N2O4. The molecule has 2 heterocycles. The summed E-state index contributed by atoms with van der Waals surface area (Å²) in [6.07, 6.45) is 2.76. The Kier molecular flexibility index (Phi) is 2.67. The van der Waals surface area contributed by atoms with E-state index in [1.54, 1.807) is 0 Å². The lowest BCUT2D eigenvalue weighted by Gasteiger charge is -2.39. The molecule has 0 radical (unpaired) electrons. The van der Waals surface area contributed by atoms with E-state index in [1.165, 1.54) is 4.90 Å². The molecule has 0 aromatic rings. The molecule has 1 aliphatic carbocycles. The highest BCUT2D eigenvalue weighted by molar-refractivity contribution is 6.20. The summed E-state index contributed by atoms with van der Waals surface area (Å²) in [6.45, 7) is 3.75. The molecule has 19 heavy (non-hydrogen) atoms. The molecule has 1 saturated carbocycles. The second-order valence-electron chi connectivity index (χ2n) is 6.16. The SMILES string of the molecule is CC1(CN2C(=O)NC(=O)C3(CC3)C2=O)CCOCC1. The molecule has 0 bridgehead atoms. The molecular weight excluding hydrogens is 248 g/mol. The van der Waals surface area contributed by atoms with E-state index in [9.17, 15) is 14.4 Å². The lowest BCUT2D eigenvalue weighted by Crippen LogP contribution is -2.61. The van der Waals surface area contributed by atoms with Gasteiger partial charge in [0.15, 0.2) is 0 Å². The predicted octanol–water partition coefficient (Wildman–Crippen LogP) is 0.662. The van der Waals surface area contributed by atoms with Gasteiger partial charge < -0.3 is 4.74 Å². The Morgan fingerprint density at radius 1 is 1.16 bits per heavy atom. The second kappa shape index (κ2) is 4.03. The number of imide groups is 2. The zero-order valence-corrected chi connectivity index (χ0v) is 11.0. The average molecular weight is 266 g/mol. The molecule has 2 aliphatic heterocycles. The Balaban J connectivity index is 1.78. The van der Waals surface area contributed by atoms with Gasteiger partial charge in [-0.25, -0.2) is 4.79 Å². The van der Waals surface area contributed by atoms with Gasteiger partial charge in [-0.2, -0.15) is 0 Å². The fraction of sp³-hybridized carbons (Fsp3) is 0.769. The van der Waals surface area contributed by atoms with E-state index < -0.39 is 17.4 Å². The van der Waals surface area contributed by atoms with Crippen molar-refractivity contribution in [2.45, 2.75) is 32.6 Å². The third kappa shape index (κ3) is 1.94. The lowest BCUT2D eigenvalue weighted by molar-refractivity contribution is -0.146. The first-order valence-corrected chi connectivity index (χ1v) is 6.72. The number of hydrogen-bond acceptors (Lipinski definition) is 4. The maximum atomic E-state index is 12.4. The zero-order chi connectivity index (χ0) is 13.7. The minimum absolute atomic E-state index is 0.109. The second-order valence-corrected chi connectivity index (χ2v) is 6.16. The van der Waals surface area contributed by atoms with Crippen LogP contribution in [0.5, 0.6) is 0 Å². The molecule has 6 heteroatoms. The highest BCUT2D eigenvalue weighted by Gasteiger charge is 2.62. The minimum atomic E-state index is -0.935. The Bertz CT molecular complexity index is 450. The van der Waals surface area contributed by atoms with Gasteiger partial charge in [-0.3, -0.25) is 19.8 Å². The van der Waals surface area contributed by atoms with Gasteiger partial charge >= 0.3 is 6.03 Å². The topological polar surface area (TPSA) is 75.7 Å². The van der Waals surface area contributed by atoms with Crippen molar-refractivity contribution in [3.63, 3.8) is 0 Å². The highest BCUT2D eigenvalue weighted by Crippen LogP contribution is 2.49. The number of urea groups is 1. The van der Waals surface area contributed by atoms with Crippen LogP contribution < -0.4 is 5.32 Å². The maximum absolute atomic E-state index is 12.4. The van der Waals surface area contributed by atoms with E-state index in [4.69, 9.17) is 4.74 Å². The largest absolute Gasteiger partial charge is 0.381 e. The van der Waals surface area contributed by atoms with Crippen molar-refractivity contribution in [3.8, 4) is 0 Å². The molecule has 3 aliphatic rings. The van der Waals surface area contributed by atoms with Crippen LogP contribution in [0, 0.1) is 10.8 Å². The van der Waals surface area contributed by atoms with Gasteiger partial charge in [0.2, 0.25) is 11.8 Å². The van der Waals surface area contributed by atoms with Crippen molar-refractivity contribution >= 4 is 17.8 Å². The number of amides is 4. The molecule has 0 aromatic carbocycles. The zero-order valence-electron chi connectivity index (χ0n) is 11.0. The fourth-order valence-corrected chi connectivity index (χ4v) is 2.85. The van der Waals surface area contributed by atoms with Crippen LogP contribution in [0.3, 0.4) is 0 Å². The van der Waals surface area contributed by atoms with Crippen LogP contribution in [-0.4, -0.2) is 42.5 Å². The summed E-state index contributed by atoms with van der Waals surface area (Å²) in [6, 6.07) is -0.569. The summed E-state index contributed by atoms with van der Waals surface area (Å²) in [7, 11) is 0. The van der Waals surface area contributed by atoms with Crippen LogP contribution in [0.1, 0.15) is 32.6 Å². The van der Waals surface area contributed by atoms with Crippen molar-refractivity contribution < 1.29 is 19.1 Å². The number of nitrogens with one attached hydrogen (secondary N) is 1. The molecule has 6 nitrogen and oxygen atoms in total. The van der Waals surface area contributed by atoms with Crippen LogP contribution in [-0.2, 0) is 14.3 Å². The first-order chi connectivity index (χ1) is 8.97. The van der Waals surface area contributed by atoms with Gasteiger partial charge in [-0.05, 0) is 31.1 Å². The van der Waals surface area contributed by atoms with Gasteiger partial charge in [-0.15, -0.1) is 0 Å². The molecule has 104 valence electrons. The van der Waals surface area contributed by atoms with Gasteiger partial charge in [0, 0.05) is 19.8 Å². The number of carbonyl (C=O) groups is 3. The van der Waals surface area contributed by atoms with Crippen LogP contribution in [0.25, 0.3) is 0 Å². The Morgan fingerprint density at radius 3 is 2.37 bits per heavy atom. The molecule has 2 saturated heterocycles. The van der Waals surface area contributed by atoms with E-state index in [2.05, 4.69) is 12.2 Å². The molecule has 3 fully saturated rings. The summed E-state index contributed by atoms with van der Waals surface area (Å²) < 4.78 is 5.32. The molecule has 3 rings (SSSR count). The van der Waals surface area contributed by atoms with E-state index in [0.717, 1.165) is 12.8 Å². The van der Waals surface area contributed by atoms with Gasteiger partial charge in [0.1, 0.15) is 5.41 Å². The van der Waals surface area contributed by atoms with Crippen molar-refractivity contribution in [2.24, 2.45) is 10.8 Å². The molecule has 0 aromatic heterocycles. The third-order valence-electron chi connectivity index (χ3n) is 4.54. The monoisotopic (exact) mass is 266 g/mol. The summed E-state index contributed by atoms with van der Waals surface area (Å²) in [4.78, 5) is 37.2.